The number of nitrogens with one attached hydrogen (secondary N) is 1. The Morgan fingerprint density at radius 2 is 1.88 bits per heavy atom. The Hall–Kier alpha value is -3.91. The Labute approximate surface area is 202 Å². The fourth-order valence-electron chi connectivity index (χ4n) is 4.31. The molecule has 5 rings (SSSR count). The van der Waals surface area contributed by atoms with Gasteiger partial charge in [-0.05, 0) is 58.4 Å². The third kappa shape index (κ3) is 3.47. The Balaban J connectivity index is 1.77. The number of anilines is 1. The van der Waals surface area contributed by atoms with E-state index >= 15 is 0 Å². The summed E-state index contributed by atoms with van der Waals surface area (Å²) in [7, 11) is 1.52. The lowest BCUT2D eigenvalue weighted by molar-refractivity contribution is -0.132. The Morgan fingerprint density at radius 1 is 1.09 bits per heavy atom. The number of aromatic nitrogens is 1. The summed E-state index contributed by atoms with van der Waals surface area (Å²) in [5, 5.41) is 12.1. The molecule has 1 aliphatic rings. The number of nitrogens with zero attached hydrogens (tertiary/aromatic N) is 1. The maximum Gasteiger partial charge on any atom is 0.300 e. The highest BCUT2D eigenvalue weighted by molar-refractivity contribution is 9.10. The van der Waals surface area contributed by atoms with E-state index in [2.05, 4.69) is 20.9 Å². The van der Waals surface area contributed by atoms with E-state index in [9.17, 15) is 19.1 Å². The lowest BCUT2D eigenvalue weighted by Crippen LogP contribution is -2.29. The van der Waals surface area contributed by atoms with Crippen LogP contribution in [0.25, 0.3) is 16.7 Å². The third-order valence-corrected chi connectivity index (χ3v) is 6.49. The van der Waals surface area contributed by atoms with Gasteiger partial charge in [-0.1, -0.05) is 24.3 Å². The number of hydrogen-bond donors (Lipinski definition) is 2. The van der Waals surface area contributed by atoms with Crippen molar-refractivity contribution >= 4 is 50.0 Å². The number of aromatic amines is 1. The number of para-hydroxylation sites is 1. The summed E-state index contributed by atoms with van der Waals surface area (Å²) in [4.78, 5) is 30.9. The highest BCUT2D eigenvalue weighted by atomic mass is 79.9. The summed E-state index contributed by atoms with van der Waals surface area (Å²) in [6, 6.07) is 16.8. The number of amides is 1. The lowest BCUT2D eigenvalue weighted by Gasteiger charge is -2.25. The molecule has 6 nitrogen and oxygen atoms in total. The zero-order valence-electron chi connectivity index (χ0n) is 17.9. The minimum atomic E-state index is -0.973. The molecule has 1 aliphatic heterocycles. The first-order chi connectivity index (χ1) is 16.4. The number of Topliss-reactive ketones (excluding diaryl/α,β-unsaturated/α-hetero) is 1. The smallest absolute Gasteiger partial charge is 0.300 e. The van der Waals surface area contributed by atoms with Crippen molar-refractivity contribution in [3.63, 3.8) is 0 Å². The van der Waals surface area contributed by atoms with E-state index in [-0.39, 0.29) is 17.0 Å². The van der Waals surface area contributed by atoms with Crippen LogP contribution in [0.5, 0.6) is 5.75 Å². The molecule has 2 N–H and O–H groups in total. The maximum absolute atomic E-state index is 14.1. The monoisotopic (exact) mass is 520 g/mol. The number of halogens is 2. The van der Waals surface area contributed by atoms with Crippen LogP contribution in [0.15, 0.2) is 83.0 Å². The summed E-state index contributed by atoms with van der Waals surface area (Å²) in [6.07, 6.45) is 1.70. The zero-order chi connectivity index (χ0) is 24.0. The second kappa shape index (κ2) is 8.46. The maximum atomic E-state index is 14.1. The van der Waals surface area contributed by atoms with Crippen molar-refractivity contribution < 1.29 is 23.8 Å². The van der Waals surface area contributed by atoms with Gasteiger partial charge in [0.15, 0.2) is 0 Å². The first kappa shape index (κ1) is 21.9. The van der Waals surface area contributed by atoms with Crippen molar-refractivity contribution in [2.24, 2.45) is 0 Å². The second-order valence-corrected chi connectivity index (χ2v) is 8.64. The second-order valence-electron chi connectivity index (χ2n) is 7.79. The summed E-state index contributed by atoms with van der Waals surface area (Å²) < 4.78 is 19.9. The minimum Gasteiger partial charge on any atom is -0.507 e. The summed E-state index contributed by atoms with van der Waals surface area (Å²) in [5.41, 5.74) is 1.86. The van der Waals surface area contributed by atoms with Crippen molar-refractivity contribution in [1.82, 2.24) is 4.98 Å². The zero-order valence-corrected chi connectivity index (χ0v) is 19.5. The molecular weight excluding hydrogens is 503 g/mol. The van der Waals surface area contributed by atoms with E-state index < -0.39 is 23.5 Å². The largest absolute Gasteiger partial charge is 0.507 e. The molecule has 0 saturated carbocycles. The van der Waals surface area contributed by atoms with E-state index in [0.29, 0.717) is 21.3 Å². The number of benzene rings is 3. The molecule has 34 heavy (non-hydrogen) atoms. The first-order valence-corrected chi connectivity index (χ1v) is 11.2. The number of ether oxygens (including phenoxy) is 1. The molecule has 1 unspecified atom stereocenters. The molecule has 1 atom stereocenters. The van der Waals surface area contributed by atoms with Crippen LogP contribution >= 0.6 is 15.9 Å². The van der Waals surface area contributed by atoms with Gasteiger partial charge < -0.3 is 14.8 Å². The molecular formula is C26H18BrFN2O4. The van der Waals surface area contributed by atoms with Gasteiger partial charge in [0.05, 0.1) is 23.2 Å². The number of carbonyl (C=O) groups is 2. The van der Waals surface area contributed by atoms with E-state index in [1.54, 1.807) is 30.5 Å². The lowest BCUT2D eigenvalue weighted by atomic mass is 9.94. The van der Waals surface area contributed by atoms with Crippen LogP contribution in [0.3, 0.4) is 0 Å². The SMILES string of the molecule is COc1ccc(/C(O)=C2\C(=O)C(=O)N(c3cccc(F)c3)C2c2c[nH]c3ccccc23)cc1Br. The van der Waals surface area contributed by atoms with E-state index in [1.807, 2.05) is 24.3 Å². The number of methoxy groups -OCH3 is 1. The van der Waals surface area contributed by atoms with Gasteiger partial charge in [0.25, 0.3) is 11.7 Å². The van der Waals surface area contributed by atoms with Crippen LogP contribution in [0.4, 0.5) is 10.1 Å². The van der Waals surface area contributed by atoms with Crippen molar-refractivity contribution in [2.45, 2.75) is 6.04 Å². The van der Waals surface area contributed by atoms with Crippen LogP contribution in [-0.4, -0.2) is 28.9 Å². The predicted octanol–water partition coefficient (Wildman–Crippen LogP) is 5.70. The highest BCUT2D eigenvalue weighted by Gasteiger charge is 2.47. The Morgan fingerprint density at radius 3 is 2.62 bits per heavy atom. The van der Waals surface area contributed by atoms with Gasteiger partial charge in [-0.15, -0.1) is 0 Å². The number of hydrogen-bond acceptors (Lipinski definition) is 4. The number of aliphatic hydroxyl groups excluding tert-OH is 1. The van der Waals surface area contributed by atoms with Crippen molar-refractivity contribution in [3.05, 3.63) is 99.9 Å². The molecule has 3 aromatic carbocycles. The Kier molecular flexibility index (Phi) is 5.45. The molecule has 0 aliphatic carbocycles. The fourth-order valence-corrected chi connectivity index (χ4v) is 4.85. The summed E-state index contributed by atoms with van der Waals surface area (Å²) in [6.45, 7) is 0. The molecule has 1 fully saturated rings. The molecule has 0 bridgehead atoms. The van der Waals surface area contributed by atoms with Crippen molar-refractivity contribution in [1.29, 1.82) is 0 Å². The average Bonchev–Trinajstić information content (AvgIpc) is 3.37. The number of aliphatic hydroxyl groups is 1. The minimum absolute atomic E-state index is 0.0870. The quantitative estimate of drug-likeness (QED) is 0.205. The van der Waals surface area contributed by atoms with Crippen LogP contribution in [0.1, 0.15) is 17.2 Å². The molecule has 1 aromatic heterocycles. The standard InChI is InChI=1S/C26H18BrFN2O4/c1-34-21-10-9-14(11-19(21)27)24(31)22-23(18-13-29-20-8-3-2-7-17(18)20)30(26(33)25(22)32)16-6-4-5-15(28)12-16/h2-13,23,29,31H,1H3/b24-22+. The molecule has 4 aromatic rings. The van der Waals surface area contributed by atoms with Gasteiger partial charge in [-0.3, -0.25) is 14.5 Å². The number of ketones is 1. The van der Waals surface area contributed by atoms with Gasteiger partial charge in [0.1, 0.15) is 17.3 Å². The highest BCUT2D eigenvalue weighted by Crippen LogP contribution is 2.44. The third-order valence-electron chi connectivity index (χ3n) is 5.87. The first-order valence-electron chi connectivity index (χ1n) is 10.4. The summed E-state index contributed by atoms with van der Waals surface area (Å²) >= 11 is 3.39. The van der Waals surface area contributed by atoms with Crippen LogP contribution < -0.4 is 9.64 Å². The van der Waals surface area contributed by atoms with Crippen LogP contribution in [-0.2, 0) is 9.59 Å². The molecule has 2 heterocycles. The van der Waals surface area contributed by atoms with E-state index in [1.165, 1.54) is 30.2 Å². The van der Waals surface area contributed by atoms with Crippen molar-refractivity contribution in [3.8, 4) is 5.75 Å². The molecule has 0 spiro atoms. The number of rotatable bonds is 4. The normalized spacial score (nSPS) is 17.5. The number of carbonyl (C=O) groups excluding carboxylic acids is 2. The average molecular weight is 521 g/mol. The van der Waals surface area contributed by atoms with E-state index in [0.717, 1.165) is 10.9 Å². The van der Waals surface area contributed by atoms with Crippen molar-refractivity contribution in [2.75, 3.05) is 12.0 Å². The molecule has 8 heteroatoms. The Bertz CT molecular complexity index is 1490. The van der Waals surface area contributed by atoms with Gasteiger partial charge in [0, 0.05) is 33.9 Å². The van der Waals surface area contributed by atoms with E-state index in [4.69, 9.17) is 4.74 Å². The fraction of sp³-hybridized carbons (Fsp3) is 0.0769. The molecule has 170 valence electrons. The van der Waals surface area contributed by atoms with Gasteiger partial charge >= 0.3 is 0 Å². The van der Waals surface area contributed by atoms with Crippen LogP contribution in [0.2, 0.25) is 0 Å². The molecule has 1 amide bonds. The topological polar surface area (TPSA) is 82.6 Å². The van der Waals surface area contributed by atoms with Gasteiger partial charge in [-0.2, -0.15) is 0 Å². The molecule has 0 radical (unpaired) electrons. The van der Waals surface area contributed by atoms with Crippen LogP contribution in [0, 0.1) is 5.82 Å². The number of H-pyrrole nitrogens is 1. The molecule has 1 saturated heterocycles. The number of fused-ring (bicyclic) bond motifs is 1. The van der Waals surface area contributed by atoms with Gasteiger partial charge in [-0.25, -0.2) is 4.39 Å². The van der Waals surface area contributed by atoms with Gasteiger partial charge in [0.2, 0.25) is 0 Å². The predicted molar refractivity (Wildman–Crippen MR) is 130 cm³/mol. The summed E-state index contributed by atoms with van der Waals surface area (Å²) in [5.74, 6) is -2.05.